The van der Waals surface area contributed by atoms with Crippen LogP contribution in [0.4, 0.5) is 5.82 Å². The van der Waals surface area contributed by atoms with Gasteiger partial charge in [-0.1, -0.05) is 41.9 Å². The Balaban J connectivity index is 1.81. The van der Waals surface area contributed by atoms with Gasteiger partial charge in [0.15, 0.2) is 9.84 Å². The normalized spacial score (nSPS) is 16.5. The number of aryl methyl sites for hydroxylation is 1. The van der Waals surface area contributed by atoms with Crippen LogP contribution in [0.1, 0.15) is 11.1 Å². The zero-order valence-corrected chi connectivity index (χ0v) is 15.3. The third-order valence-electron chi connectivity index (χ3n) is 4.53. The SMILES string of the molecule is Cc1ccc2c(c1)S(=O)(=O)CCN(c1cc(Cl)c3ccccc3n1)C2. The van der Waals surface area contributed by atoms with Crippen molar-refractivity contribution in [1.29, 1.82) is 0 Å². The molecule has 4 rings (SSSR count). The van der Waals surface area contributed by atoms with E-state index in [2.05, 4.69) is 4.98 Å². The summed E-state index contributed by atoms with van der Waals surface area (Å²) in [5.41, 5.74) is 2.55. The Labute approximate surface area is 152 Å². The molecule has 0 spiro atoms. The highest BCUT2D eigenvalue weighted by atomic mass is 35.5. The molecule has 0 amide bonds. The number of benzene rings is 2. The monoisotopic (exact) mass is 372 g/mol. The maximum atomic E-state index is 12.6. The molecule has 0 fully saturated rings. The molecule has 0 radical (unpaired) electrons. The minimum atomic E-state index is -3.30. The first-order valence-electron chi connectivity index (χ1n) is 8.06. The predicted molar refractivity (Wildman–Crippen MR) is 101 cm³/mol. The number of halogens is 1. The molecule has 2 aromatic carbocycles. The van der Waals surface area contributed by atoms with Gasteiger partial charge in [-0.25, -0.2) is 13.4 Å². The lowest BCUT2D eigenvalue weighted by molar-refractivity contribution is 0.596. The van der Waals surface area contributed by atoms with Crippen molar-refractivity contribution in [1.82, 2.24) is 4.98 Å². The largest absolute Gasteiger partial charge is 0.351 e. The highest BCUT2D eigenvalue weighted by molar-refractivity contribution is 7.91. The molecule has 6 heteroatoms. The summed E-state index contributed by atoms with van der Waals surface area (Å²) in [6.07, 6.45) is 0. The summed E-state index contributed by atoms with van der Waals surface area (Å²) in [5.74, 6) is 0.766. The molecular weight excluding hydrogens is 356 g/mol. The molecule has 0 saturated carbocycles. The van der Waals surface area contributed by atoms with E-state index in [4.69, 9.17) is 11.6 Å². The molecule has 0 aliphatic carbocycles. The van der Waals surface area contributed by atoms with Crippen LogP contribution in [-0.4, -0.2) is 25.7 Å². The molecule has 1 aliphatic rings. The van der Waals surface area contributed by atoms with Gasteiger partial charge < -0.3 is 4.90 Å². The van der Waals surface area contributed by atoms with Gasteiger partial charge in [-0.3, -0.25) is 0 Å². The number of sulfone groups is 1. The average Bonchev–Trinajstić information content (AvgIpc) is 2.72. The lowest BCUT2D eigenvalue weighted by Crippen LogP contribution is -2.26. The number of para-hydroxylation sites is 1. The maximum Gasteiger partial charge on any atom is 0.180 e. The number of hydrogen-bond donors (Lipinski definition) is 0. The van der Waals surface area contributed by atoms with Gasteiger partial charge in [0.25, 0.3) is 0 Å². The van der Waals surface area contributed by atoms with Gasteiger partial charge in [0, 0.05) is 18.5 Å². The third kappa shape index (κ3) is 2.98. The zero-order valence-electron chi connectivity index (χ0n) is 13.7. The second kappa shape index (κ2) is 6.00. The molecule has 2 heterocycles. The van der Waals surface area contributed by atoms with Gasteiger partial charge in [0.05, 0.1) is 21.2 Å². The van der Waals surface area contributed by atoms with E-state index in [1.807, 2.05) is 54.3 Å². The lowest BCUT2D eigenvalue weighted by atomic mass is 10.1. The van der Waals surface area contributed by atoms with E-state index >= 15 is 0 Å². The molecule has 0 N–H and O–H groups in total. The van der Waals surface area contributed by atoms with Crippen LogP contribution in [-0.2, 0) is 16.4 Å². The molecule has 25 heavy (non-hydrogen) atoms. The summed E-state index contributed by atoms with van der Waals surface area (Å²) >= 11 is 6.41. The Hall–Kier alpha value is -2.11. The fourth-order valence-electron chi connectivity index (χ4n) is 3.18. The van der Waals surface area contributed by atoms with E-state index in [-0.39, 0.29) is 5.75 Å². The molecule has 3 aromatic rings. The van der Waals surface area contributed by atoms with Crippen molar-refractivity contribution >= 4 is 38.2 Å². The zero-order chi connectivity index (χ0) is 17.6. The van der Waals surface area contributed by atoms with E-state index in [0.29, 0.717) is 28.8 Å². The standard InChI is InChI=1S/C19H17ClN2O2S/c1-13-6-7-14-12-22(8-9-25(23,24)18(14)10-13)19-11-16(20)15-4-2-3-5-17(15)21-19/h2-7,10-11H,8-9,12H2,1H3. The van der Waals surface area contributed by atoms with Gasteiger partial charge in [-0.15, -0.1) is 0 Å². The van der Waals surface area contributed by atoms with Crippen LogP contribution < -0.4 is 4.90 Å². The summed E-state index contributed by atoms with van der Waals surface area (Å²) in [6.45, 7) is 2.79. The van der Waals surface area contributed by atoms with E-state index in [1.165, 1.54) is 0 Å². The highest BCUT2D eigenvalue weighted by Crippen LogP contribution is 2.30. The highest BCUT2D eigenvalue weighted by Gasteiger charge is 2.26. The molecule has 4 nitrogen and oxygen atoms in total. The van der Waals surface area contributed by atoms with Crippen molar-refractivity contribution in [3.63, 3.8) is 0 Å². The van der Waals surface area contributed by atoms with Crippen molar-refractivity contribution in [2.24, 2.45) is 0 Å². The van der Waals surface area contributed by atoms with Crippen molar-refractivity contribution < 1.29 is 8.42 Å². The molecule has 0 saturated heterocycles. The number of pyridine rings is 1. The van der Waals surface area contributed by atoms with Crippen LogP contribution in [0.15, 0.2) is 53.4 Å². The van der Waals surface area contributed by atoms with Crippen LogP contribution in [0.3, 0.4) is 0 Å². The van der Waals surface area contributed by atoms with E-state index < -0.39 is 9.84 Å². The Bertz CT molecular complexity index is 1080. The molecule has 1 aromatic heterocycles. The van der Waals surface area contributed by atoms with Crippen LogP contribution in [0, 0.1) is 6.92 Å². The minimum absolute atomic E-state index is 0.0651. The van der Waals surface area contributed by atoms with Gasteiger partial charge in [-0.2, -0.15) is 0 Å². The number of hydrogen-bond acceptors (Lipinski definition) is 4. The van der Waals surface area contributed by atoms with Crippen molar-refractivity contribution in [2.45, 2.75) is 18.4 Å². The third-order valence-corrected chi connectivity index (χ3v) is 6.61. The van der Waals surface area contributed by atoms with Crippen LogP contribution in [0.2, 0.25) is 5.02 Å². The van der Waals surface area contributed by atoms with E-state index in [1.54, 1.807) is 6.07 Å². The average molecular weight is 373 g/mol. The smallest absolute Gasteiger partial charge is 0.180 e. The quantitative estimate of drug-likeness (QED) is 0.648. The first-order chi connectivity index (χ1) is 11.9. The number of rotatable bonds is 1. The summed E-state index contributed by atoms with van der Waals surface area (Å²) in [5, 5.41) is 1.52. The second-order valence-corrected chi connectivity index (χ2v) is 8.82. The van der Waals surface area contributed by atoms with Crippen LogP contribution >= 0.6 is 11.6 Å². The van der Waals surface area contributed by atoms with Gasteiger partial charge in [0.2, 0.25) is 0 Å². The number of aromatic nitrogens is 1. The summed E-state index contributed by atoms with van der Waals surface area (Å²) in [4.78, 5) is 7.10. The molecule has 128 valence electrons. The Morgan fingerprint density at radius 1 is 1.12 bits per heavy atom. The van der Waals surface area contributed by atoms with Crippen LogP contribution in [0.25, 0.3) is 10.9 Å². The first kappa shape index (κ1) is 16.4. The first-order valence-corrected chi connectivity index (χ1v) is 10.1. The van der Waals surface area contributed by atoms with Gasteiger partial charge in [0.1, 0.15) is 5.82 Å². The Kier molecular flexibility index (Phi) is 3.93. The Morgan fingerprint density at radius 3 is 2.76 bits per heavy atom. The number of nitrogens with zero attached hydrogens (tertiary/aromatic N) is 2. The molecule has 0 unspecified atom stereocenters. The summed E-state index contributed by atoms with van der Waals surface area (Å²) < 4.78 is 25.3. The summed E-state index contributed by atoms with van der Waals surface area (Å²) in [7, 11) is -3.30. The van der Waals surface area contributed by atoms with E-state index in [9.17, 15) is 8.42 Å². The fraction of sp³-hybridized carbons (Fsp3) is 0.211. The van der Waals surface area contributed by atoms with Crippen molar-refractivity contribution in [2.75, 3.05) is 17.2 Å². The number of fused-ring (bicyclic) bond motifs is 2. The molecule has 1 aliphatic heterocycles. The van der Waals surface area contributed by atoms with Crippen LogP contribution in [0.5, 0.6) is 0 Å². The maximum absolute atomic E-state index is 12.6. The molecule has 0 atom stereocenters. The summed E-state index contributed by atoms with van der Waals surface area (Å²) in [6, 6.07) is 15.1. The number of anilines is 1. The molecular formula is C19H17ClN2O2S. The van der Waals surface area contributed by atoms with Crippen molar-refractivity contribution in [3.8, 4) is 0 Å². The minimum Gasteiger partial charge on any atom is -0.351 e. The van der Waals surface area contributed by atoms with Crippen molar-refractivity contribution in [3.05, 3.63) is 64.7 Å². The predicted octanol–water partition coefficient (Wildman–Crippen LogP) is 3.99. The van der Waals surface area contributed by atoms with E-state index in [0.717, 1.165) is 22.0 Å². The molecule has 0 bridgehead atoms. The Morgan fingerprint density at radius 2 is 1.92 bits per heavy atom. The lowest BCUT2D eigenvalue weighted by Gasteiger charge is -2.22. The van der Waals surface area contributed by atoms with Gasteiger partial charge in [-0.05, 0) is 36.2 Å². The van der Waals surface area contributed by atoms with Gasteiger partial charge >= 0.3 is 0 Å². The topological polar surface area (TPSA) is 50.3 Å². The fourth-order valence-corrected chi connectivity index (χ4v) is 5.02. The second-order valence-electron chi connectivity index (χ2n) is 6.33.